The molecule has 2 rings (SSSR count). The summed E-state index contributed by atoms with van der Waals surface area (Å²) in [5, 5.41) is 8.53. The zero-order chi connectivity index (χ0) is 12.4. The van der Waals surface area contributed by atoms with Crippen LogP contribution >= 0.6 is 0 Å². The van der Waals surface area contributed by atoms with Gasteiger partial charge in [0.2, 0.25) is 0 Å². The average molecular weight is 236 g/mol. The molecule has 1 unspecified atom stereocenters. The van der Waals surface area contributed by atoms with Crippen molar-refractivity contribution in [2.24, 2.45) is 11.7 Å². The van der Waals surface area contributed by atoms with Gasteiger partial charge in [-0.1, -0.05) is 33.1 Å². The zero-order valence-electron chi connectivity index (χ0n) is 11.2. The summed E-state index contributed by atoms with van der Waals surface area (Å²) in [4.78, 5) is 0. The maximum absolute atomic E-state index is 6.24. The van der Waals surface area contributed by atoms with E-state index in [1.807, 2.05) is 6.92 Å². The van der Waals surface area contributed by atoms with Crippen LogP contribution < -0.4 is 5.73 Å². The van der Waals surface area contributed by atoms with E-state index in [1.165, 1.54) is 32.1 Å². The van der Waals surface area contributed by atoms with Crippen molar-refractivity contribution < 1.29 is 0 Å². The molecule has 0 saturated heterocycles. The van der Waals surface area contributed by atoms with Crippen molar-refractivity contribution in [1.82, 2.24) is 14.8 Å². The van der Waals surface area contributed by atoms with Gasteiger partial charge in [0.15, 0.2) is 0 Å². The minimum atomic E-state index is -0.00173. The van der Waals surface area contributed by atoms with Crippen molar-refractivity contribution in [3.05, 3.63) is 11.6 Å². The lowest BCUT2D eigenvalue weighted by Gasteiger charge is -2.27. The Morgan fingerprint density at radius 3 is 2.41 bits per heavy atom. The van der Waals surface area contributed by atoms with Gasteiger partial charge in [-0.15, -0.1) is 10.2 Å². The molecule has 1 fully saturated rings. The predicted octanol–water partition coefficient (Wildman–Crippen LogP) is 2.75. The van der Waals surface area contributed by atoms with Crippen molar-refractivity contribution in [3.63, 3.8) is 0 Å². The molecule has 1 heterocycles. The second-order valence-electron chi connectivity index (χ2n) is 5.54. The van der Waals surface area contributed by atoms with Crippen molar-refractivity contribution in [2.75, 3.05) is 0 Å². The highest BCUT2D eigenvalue weighted by Gasteiger charge is 2.25. The third-order valence-electron chi connectivity index (χ3n) is 3.85. The fraction of sp³-hybridized carbons (Fsp3) is 0.846. The van der Waals surface area contributed by atoms with Crippen LogP contribution in [0.5, 0.6) is 0 Å². The Morgan fingerprint density at radius 1 is 1.18 bits per heavy atom. The largest absolute Gasteiger partial charge is 0.321 e. The summed E-state index contributed by atoms with van der Waals surface area (Å²) in [5.74, 6) is 2.40. The fourth-order valence-corrected chi connectivity index (χ4v) is 2.70. The molecule has 17 heavy (non-hydrogen) atoms. The van der Waals surface area contributed by atoms with E-state index in [4.69, 9.17) is 5.73 Å². The number of hydrogen-bond acceptors (Lipinski definition) is 3. The molecule has 1 aromatic rings. The molecule has 0 aliphatic heterocycles. The molecule has 0 amide bonds. The first-order valence-electron chi connectivity index (χ1n) is 6.78. The highest BCUT2D eigenvalue weighted by Crippen LogP contribution is 2.31. The molecule has 0 radical (unpaired) electrons. The van der Waals surface area contributed by atoms with Gasteiger partial charge in [-0.2, -0.15) is 0 Å². The van der Waals surface area contributed by atoms with Gasteiger partial charge in [0.1, 0.15) is 11.6 Å². The van der Waals surface area contributed by atoms with Gasteiger partial charge in [-0.05, 0) is 25.7 Å². The van der Waals surface area contributed by atoms with Gasteiger partial charge >= 0.3 is 0 Å². The van der Waals surface area contributed by atoms with E-state index in [0.717, 1.165) is 11.6 Å². The number of nitrogens with two attached hydrogens (primary N) is 1. The van der Waals surface area contributed by atoms with E-state index < -0.39 is 0 Å². The standard InChI is InChI=1S/C13H24N4/c1-9(2)12(14)13-16-15-10(3)17(13)11-7-5-4-6-8-11/h9,11-12H,4-8,14H2,1-3H3. The number of hydrogen-bond donors (Lipinski definition) is 1. The van der Waals surface area contributed by atoms with Crippen LogP contribution in [0.3, 0.4) is 0 Å². The van der Waals surface area contributed by atoms with E-state index in [1.54, 1.807) is 0 Å². The van der Waals surface area contributed by atoms with Gasteiger partial charge in [-0.25, -0.2) is 0 Å². The first-order valence-corrected chi connectivity index (χ1v) is 6.78. The summed E-state index contributed by atoms with van der Waals surface area (Å²) in [5.41, 5.74) is 6.24. The molecule has 1 aromatic heterocycles. The summed E-state index contributed by atoms with van der Waals surface area (Å²) >= 11 is 0. The van der Waals surface area contributed by atoms with Gasteiger partial charge in [-0.3, -0.25) is 0 Å². The van der Waals surface area contributed by atoms with Crippen LogP contribution in [0.15, 0.2) is 0 Å². The van der Waals surface area contributed by atoms with Crippen molar-refractivity contribution in [1.29, 1.82) is 0 Å². The molecule has 0 bridgehead atoms. The topological polar surface area (TPSA) is 56.7 Å². The number of rotatable bonds is 3. The van der Waals surface area contributed by atoms with Gasteiger partial charge < -0.3 is 10.3 Å². The van der Waals surface area contributed by atoms with Gasteiger partial charge in [0, 0.05) is 6.04 Å². The highest BCUT2D eigenvalue weighted by molar-refractivity contribution is 5.03. The lowest BCUT2D eigenvalue weighted by molar-refractivity contribution is 0.327. The van der Waals surface area contributed by atoms with Crippen LogP contribution in [-0.2, 0) is 0 Å². The van der Waals surface area contributed by atoms with Crippen LogP contribution in [-0.4, -0.2) is 14.8 Å². The minimum Gasteiger partial charge on any atom is -0.321 e. The Balaban J connectivity index is 2.28. The minimum absolute atomic E-state index is 0.00173. The maximum atomic E-state index is 6.24. The molecule has 4 heteroatoms. The Kier molecular flexibility index (Phi) is 3.82. The van der Waals surface area contributed by atoms with Crippen LogP contribution in [0.1, 0.15) is 69.7 Å². The van der Waals surface area contributed by atoms with Crippen LogP contribution in [0.2, 0.25) is 0 Å². The molecule has 1 aliphatic carbocycles. The number of aryl methyl sites for hydroxylation is 1. The van der Waals surface area contributed by atoms with Crippen LogP contribution in [0, 0.1) is 12.8 Å². The van der Waals surface area contributed by atoms with Crippen LogP contribution in [0.25, 0.3) is 0 Å². The van der Waals surface area contributed by atoms with Crippen molar-refractivity contribution >= 4 is 0 Å². The smallest absolute Gasteiger partial charge is 0.150 e. The fourth-order valence-electron chi connectivity index (χ4n) is 2.70. The highest BCUT2D eigenvalue weighted by atomic mass is 15.3. The summed E-state index contributed by atoms with van der Waals surface area (Å²) in [7, 11) is 0. The van der Waals surface area contributed by atoms with Crippen molar-refractivity contribution in [2.45, 2.75) is 65.0 Å². The third kappa shape index (κ3) is 2.51. The molecule has 96 valence electrons. The lowest BCUT2D eigenvalue weighted by atomic mass is 9.94. The Bertz CT molecular complexity index is 363. The molecule has 0 aromatic carbocycles. The van der Waals surface area contributed by atoms with E-state index in [9.17, 15) is 0 Å². The Hall–Kier alpha value is -0.900. The molecule has 1 aliphatic rings. The average Bonchev–Trinajstić information content (AvgIpc) is 2.71. The number of aromatic nitrogens is 3. The van der Waals surface area contributed by atoms with Gasteiger partial charge in [0.25, 0.3) is 0 Å². The Labute approximate surface area is 104 Å². The quantitative estimate of drug-likeness (QED) is 0.878. The second kappa shape index (κ2) is 5.17. The SMILES string of the molecule is Cc1nnc(C(N)C(C)C)n1C1CCCCC1. The molecule has 0 spiro atoms. The molecular formula is C13H24N4. The molecule has 2 N–H and O–H groups in total. The molecule has 4 nitrogen and oxygen atoms in total. The Morgan fingerprint density at radius 2 is 1.82 bits per heavy atom. The molecule has 1 saturated carbocycles. The van der Waals surface area contributed by atoms with Crippen LogP contribution in [0.4, 0.5) is 0 Å². The van der Waals surface area contributed by atoms with E-state index in [-0.39, 0.29) is 6.04 Å². The van der Waals surface area contributed by atoms with Gasteiger partial charge in [0.05, 0.1) is 6.04 Å². The first kappa shape index (κ1) is 12.6. The monoisotopic (exact) mass is 236 g/mol. The lowest BCUT2D eigenvalue weighted by Crippen LogP contribution is -2.25. The van der Waals surface area contributed by atoms with E-state index in [2.05, 4.69) is 28.6 Å². The molecule has 1 atom stereocenters. The zero-order valence-corrected chi connectivity index (χ0v) is 11.2. The van der Waals surface area contributed by atoms with E-state index in [0.29, 0.717) is 12.0 Å². The summed E-state index contributed by atoms with van der Waals surface area (Å²) in [6.07, 6.45) is 6.49. The normalized spacial score (nSPS) is 19.8. The predicted molar refractivity (Wildman–Crippen MR) is 68.6 cm³/mol. The first-order chi connectivity index (χ1) is 8.11. The van der Waals surface area contributed by atoms with E-state index >= 15 is 0 Å². The summed E-state index contributed by atoms with van der Waals surface area (Å²) in [6.45, 7) is 6.32. The second-order valence-corrected chi connectivity index (χ2v) is 5.54. The number of nitrogens with zero attached hydrogens (tertiary/aromatic N) is 3. The van der Waals surface area contributed by atoms with Crippen molar-refractivity contribution in [3.8, 4) is 0 Å². The third-order valence-corrected chi connectivity index (χ3v) is 3.85. The summed E-state index contributed by atoms with van der Waals surface area (Å²) < 4.78 is 2.30. The molecular weight excluding hydrogens is 212 g/mol. The maximum Gasteiger partial charge on any atom is 0.150 e. The summed E-state index contributed by atoms with van der Waals surface area (Å²) in [6, 6.07) is 0.566.